The van der Waals surface area contributed by atoms with E-state index >= 15 is 0 Å². The van der Waals surface area contributed by atoms with E-state index in [-0.39, 0.29) is 6.54 Å². The Morgan fingerprint density at radius 3 is 2.67 bits per heavy atom. The summed E-state index contributed by atoms with van der Waals surface area (Å²) in [5.41, 5.74) is 5.47. The van der Waals surface area contributed by atoms with Crippen molar-refractivity contribution in [1.82, 2.24) is 4.90 Å². The SMILES string of the molecule is CC(CCN)CCCN1CCCC(C(F)(F)F)C1. The molecule has 2 N–H and O–H groups in total. The van der Waals surface area contributed by atoms with E-state index < -0.39 is 12.1 Å². The van der Waals surface area contributed by atoms with Crippen LogP contribution in [0.15, 0.2) is 0 Å². The van der Waals surface area contributed by atoms with Gasteiger partial charge in [0.25, 0.3) is 0 Å². The molecule has 2 unspecified atom stereocenters. The quantitative estimate of drug-likeness (QED) is 0.800. The van der Waals surface area contributed by atoms with Gasteiger partial charge in [0.05, 0.1) is 5.92 Å². The first-order valence-electron chi connectivity index (χ1n) is 6.92. The minimum atomic E-state index is -4.02. The van der Waals surface area contributed by atoms with Crippen LogP contribution in [0.25, 0.3) is 0 Å². The predicted molar refractivity (Wildman–Crippen MR) is 67.3 cm³/mol. The lowest BCUT2D eigenvalue weighted by molar-refractivity contribution is -0.186. The third-order valence-electron chi connectivity index (χ3n) is 3.80. The highest BCUT2D eigenvalue weighted by Gasteiger charge is 2.41. The standard InChI is InChI=1S/C13H25F3N2/c1-11(6-7-17)4-2-8-18-9-3-5-12(10-18)13(14,15)16/h11-12H,2-10,17H2,1H3. The van der Waals surface area contributed by atoms with Gasteiger partial charge in [0.1, 0.15) is 0 Å². The summed E-state index contributed by atoms with van der Waals surface area (Å²) < 4.78 is 37.9. The largest absolute Gasteiger partial charge is 0.393 e. The lowest BCUT2D eigenvalue weighted by atomic mass is 9.96. The van der Waals surface area contributed by atoms with Crippen LogP contribution in [-0.4, -0.2) is 37.3 Å². The highest BCUT2D eigenvalue weighted by atomic mass is 19.4. The van der Waals surface area contributed by atoms with Gasteiger partial charge in [-0.15, -0.1) is 0 Å². The summed E-state index contributed by atoms with van der Waals surface area (Å²) in [6.07, 6.45) is -0.0150. The summed E-state index contributed by atoms with van der Waals surface area (Å²) in [5.74, 6) is -0.536. The average Bonchev–Trinajstić information content (AvgIpc) is 2.29. The van der Waals surface area contributed by atoms with Crippen LogP contribution in [-0.2, 0) is 0 Å². The molecular weight excluding hydrogens is 241 g/mol. The van der Waals surface area contributed by atoms with Gasteiger partial charge >= 0.3 is 6.18 Å². The average molecular weight is 266 g/mol. The van der Waals surface area contributed by atoms with E-state index in [1.54, 1.807) is 0 Å². The van der Waals surface area contributed by atoms with Crippen molar-refractivity contribution >= 4 is 0 Å². The van der Waals surface area contributed by atoms with Crippen LogP contribution >= 0.6 is 0 Å². The smallest absolute Gasteiger partial charge is 0.330 e. The monoisotopic (exact) mass is 266 g/mol. The Bertz CT molecular complexity index is 231. The zero-order valence-corrected chi connectivity index (χ0v) is 11.2. The number of alkyl halides is 3. The molecular formula is C13H25F3N2. The van der Waals surface area contributed by atoms with Crippen LogP contribution in [0.5, 0.6) is 0 Å². The molecule has 108 valence electrons. The van der Waals surface area contributed by atoms with Gasteiger partial charge in [-0.3, -0.25) is 0 Å². The van der Waals surface area contributed by atoms with Crippen LogP contribution in [0.3, 0.4) is 0 Å². The van der Waals surface area contributed by atoms with E-state index in [0.29, 0.717) is 25.3 Å². The van der Waals surface area contributed by atoms with E-state index in [1.807, 2.05) is 4.90 Å². The molecule has 0 aromatic rings. The first kappa shape index (κ1) is 15.8. The minimum absolute atomic E-state index is 0.189. The van der Waals surface area contributed by atoms with Gasteiger partial charge in [-0.1, -0.05) is 6.92 Å². The van der Waals surface area contributed by atoms with Gasteiger partial charge < -0.3 is 10.6 Å². The normalized spacial score (nSPS) is 24.2. The second-order valence-electron chi connectivity index (χ2n) is 5.51. The van der Waals surface area contributed by atoms with Crippen LogP contribution < -0.4 is 5.73 Å². The number of hydrogen-bond donors (Lipinski definition) is 1. The van der Waals surface area contributed by atoms with Crippen molar-refractivity contribution in [3.05, 3.63) is 0 Å². The third kappa shape index (κ3) is 5.57. The Kier molecular flexibility index (Phi) is 6.43. The molecule has 1 fully saturated rings. The molecule has 0 radical (unpaired) electrons. The number of hydrogen-bond acceptors (Lipinski definition) is 2. The van der Waals surface area contributed by atoms with Crippen LogP contribution in [0.2, 0.25) is 0 Å². The van der Waals surface area contributed by atoms with E-state index in [9.17, 15) is 13.2 Å². The van der Waals surface area contributed by atoms with Crippen molar-refractivity contribution in [3.63, 3.8) is 0 Å². The zero-order valence-electron chi connectivity index (χ0n) is 11.2. The maximum atomic E-state index is 12.6. The van der Waals surface area contributed by atoms with Gasteiger partial charge in [-0.05, 0) is 57.7 Å². The Hall–Kier alpha value is -0.290. The topological polar surface area (TPSA) is 29.3 Å². The molecule has 2 nitrogen and oxygen atoms in total. The molecule has 0 amide bonds. The molecule has 1 aliphatic heterocycles. The molecule has 1 saturated heterocycles. The summed E-state index contributed by atoms with van der Waals surface area (Å²) in [6.45, 7) is 4.65. The Balaban J connectivity index is 2.22. The van der Waals surface area contributed by atoms with E-state index in [1.165, 1.54) is 0 Å². The first-order chi connectivity index (χ1) is 8.43. The Morgan fingerprint density at radius 2 is 2.06 bits per heavy atom. The lowest BCUT2D eigenvalue weighted by Crippen LogP contribution is -2.42. The number of piperidine rings is 1. The molecule has 1 aliphatic rings. The van der Waals surface area contributed by atoms with Crippen LogP contribution in [0.4, 0.5) is 13.2 Å². The number of halogens is 3. The number of nitrogens with two attached hydrogens (primary N) is 1. The summed E-state index contributed by atoms with van der Waals surface area (Å²) in [5, 5.41) is 0. The van der Waals surface area contributed by atoms with Crippen molar-refractivity contribution in [2.24, 2.45) is 17.6 Å². The third-order valence-corrected chi connectivity index (χ3v) is 3.80. The molecule has 0 aromatic heterocycles. The number of nitrogens with zero attached hydrogens (tertiary/aromatic N) is 1. The van der Waals surface area contributed by atoms with Crippen LogP contribution in [0.1, 0.15) is 39.0 Å². The van der Waals surface area contributed by atoms with Crippen molar-refractivity contribution in [3.8, 4) is 0 Å². The Labute approximate surface area is 108 Å². The van der Waals surface area contributed by atoms with Crippen molar-refractivity contribution < 1.29 is 13.2 Å². The lowest BCUT2D eigenvalue weighted by Gasteiger charge is -2.33. The number of rotatable bonds is 6. The first-order valence-corrected chi connectivity index (χ1v) is 6.92. The summed E-state index contributed by atoms with van der Waals surface area (Å²) in [6, 6.07) is 0. The van der Waals surface area contributed by atoms with Gasteiger partial charge in [-0.25, -0.2) is 0 Å². The van der Waals surface area contributed by atoms with Crippen LogP contribution in [0, 0.1) is 11.8 Å². The number of likely N-dealkylation sites (tertiary alicyclic amines) is 1. The molecule has 1 heterocycles. The highest BCUT2D eigenvalue weighted by molar-refractivity contribution is 4.78. The molecule has 1 rings (SSSR count). The summed E-state index contributed by atoms with van der Waals surface area (Å²) >= 11 is 0. The fraction of sp³-hybridized carbons (Fsp3) is 1.00. The molecule has 0 bridgehead atoms. The second kappa shape index (κ2) is 7.34. The van der Waals surface area contributed by atoms with Gasteiger partial charge in [0.2, 0.25) is 0 Å². The maximum absolute atomic E-state index is 12.6. The molecule has 5 heteroatoms. The maximum Gasteiger partial charge on any atom is 0.393 e. The second-order valence-corrected chi connectivity index (χ2v) is 5.51. The van der Waals surface area contributed by atoms with Gasteiger partial charge in [0, 0.05) is 6.54 Å². The fourth-order valence-electron chi connectivity index (χ4n) is 2.62. The Morgan fingerprint density at radius 1 is 1.33 bits per heavy atom. The van der Waals surface area contributed by atoms with E-state index in [4.69, 9.17) is 5.73 Å². The molecule has 0 spiro atoms. The molecule has 18 heavy (non-hydrogen) atoms. The molecule has 0 aliphatic carbocycles. The van der Waals surface area contributed by atoms with Gasteiger partial charge in [-0.2, -0.15) is 13.2 Å². The van der Waals surface area contributed by atoms with Gasteiger partial charge in [0.15, 0.2) is 0 Å². The van der Waals surface area contributed by atoms with E-state index in [2.05, 4.69) is 6.92 Å². The van der Waals surface area contributed by atoms with Crippen molar-refractivity contribution in [1.29, 1.82) is 0 Å². The van der Waals surface area contributed by atoms with Crippen molar-refractivity contribution in [2.45, 2.75) is 45.2 Å². The molecule has 2 atom stereocenters. The minimum Gasteiger partial charge on any atom is -0.330 e. The summed E-state index contributed by atoms with van der Waals surface area (Å²) in [4.78, 5) is 1.97. The zero-order chi connectivity index (χ0) is 13.6. The van der Waals surface area contributed by atoms with E-state index in [0.717, 1.165) is 32.4 Å². The predicted octanol–water partition coefficient (Wildman–Crippen LogP) is 3.03. The summed E-state index contributed by atoms with van der Waals surface area (Å²) in [7, 11) is 0. The molecule has 0 aromatic carbocycles. The fourth-order valence-corrected chi connectivity index (χ4v) is 2.62. The molecule has 0 saturated carbocycles. The highest BCUT2D eigenvalue weighted by Crippen LogP contribution is 2.33. The van der Waals surface area contributed by atoms with Crippen molar-refractivity contribution in [2.75, 3.05) is 26.2 Å².